The van der Waals surface area contributed by atoms with E-state index in [0.717, 1.165) is 0 Å². The Hall–Kier alpha value is -2.93. The van der Waals surface area contributed by atoms with E-state index in [1.54, 1.807) is 35.2 Å². The van der Waals surface area contributed by atoms with Crippen molar-refractivity contribution in [3.05, 3.63) is 71.2 Å². The standard InChI is InChI=1S/C18H18N2O5/c21-17(19-10-12-24-13-11-19)16(14-6-2-1-3-7-14)25-18(22)15-8-4-5-9-20(15)23/h1-9,16H,10-13H2/t16-/m0/s1. The first-order chi connectivity index (χ1) is 12.2. The molecule has 1 aliphatic rings. The van der Waals surface area contributed by atoms with Crippen LogP contribution in [0.4, 0.5) is 0 Å². The fourth-order valence-electron chi connectivity index (χ4n) is 2.59. The van der Waals surface area contributed by atoms with E-state index in [4.69, 9.17) is 9.47 Å². The minimum absolute atomic E-state index is 0.168. The lowest BCUT2D eigenvalue weighted by molar-refractivity contribution is -0.608. The summed E-state index contributed by atoms with van der Waals surface area (Å²) in [5.74, 6) is -1.16. The number of benzene rings is 1. The van der Waals surface area contributed by atoms with E-state index in [-0.39, 0.29) is 11.6 Å². The van der Waals surface area contributed by atoms with Gasteiger partial charge in [0.15, 0.2) is 6.20 Å². The number of aromatic nitrogens is 1. The van der Waals surface area contributed by atoms with Crippen molar-refractivity contribution in [2.75, 3.05) is 26.3 Å². The first-order valence-electron chi connectivity index (χ1n) is 7.97. The second kappa shape index (κ2) is 7.76. The number of pyridine rings is 1. The van der Waals surface area contributed by atoms with Gasteiger partial charge in [-0.15, -0.1) is 0 Å². The van der Waals surface area contributed by atoms with Crippen molar-refractivity contribution >= 4 is 11.9 Å². The summed E-state index contributed by atoms with van der Waals surface area (Å²) in [6, 6.07) is 13.2. The minimum atomic E-state index is -1.10. The molecular weight excluding hydrogens is 324 g/mol. The van der Waals surface area contributed by atoms with Gasteiger partial charge in [-0.05, 0) is 6.07 Å². The average Bonchev–Trinajstić information content (AvgIpc) is 2.67. The van der Waals surface area contributed by atoms with Gasteiger partial charge in [0.1, 0.15) is 0 Å². The molecular formula is C18H18N2O5. The first kappa shape index (κ1) is 16.9. The Morgan fingerprint density at radius 2 is 1.76 bits per heavy atom. The molecule has 1 aromatic carbocycles. The predicted molar refractivity (Wildman–Crippen MR) is 87.4 cm³/mol. The maximum Gasteiger partial charge on any atom is 0.406 e. The summed E-state index contributed by atoms with van der Waals surface area (Å²) < 4.78 is 11.1. The van der Waals surface area contributed by atoms with Gasteiger partial charge in [-0.2, -0.15) is 4.73 Å². The number of nitrogens with zero attached hydrogens (tertiary/aromatic N) is 2. The molecule has 3 rings (SSSR count). The molecule has 25 heavy (non-hydrogen) atoms. The lowest BCUT2D eigenvalue weighted by atomic mass is 10.1. The zero-order valence-corrected chi connectivity index (χ0v) is 13.5. The van der Waals surface area contributed by atoms with Crippen LogP contribution in [0, 0.1) is 5.21 Å². The van der Waals surface area contributed by atoms with Crippen molar-refractivity contribution in [3.8, 4) is 0 Å². The molecule has 2 aromatic rings. The Bertz CT molecular complexity index is 744. The summed E-state index contributed by atoms with van der Waals surface area (Å²) in [7, 11) is 0. The van der Waals surface area contributed by atoms with Crippen molar-refractivity contribution in [3.63, 3.8) is 0 Å². The van der Waals surface area contributed by atoms with Crippen LogP contribution in [0.25, 0.3) is 0 Å². The zero-order chi connectivity index (χ0) is 17.6. The monoisotopic (exact) mass is 342 g/mol. The van der Waals surface area contributed by atoms with Gasteiger partial charge < -0.3 is 19.6 Å². The maximum atomic E-state index is 12.9. The van der Waals surface area contributed by atoms with Gasteiger partial charge in [0, 0.05) is 30.8 Å². The third-order valence-corrected chi connectivity index (χ3v) is 3.91. The van der Waals surface area contributed by atoms with Crippen LogP contribution < -0.4 is 4.73 Å². The summed E-state index contributed by atoms with van der Waals surface area (Å²) in [4.78, 5) is 26.9. The van der Waals surface area contributed by atoms with Crippen LogP contribution in [-0.2, 0) is 14.3 Å². The molecule has 0 radical (unpaired) electrons. The van der Waals surface area contributed by atoms with E-state index in [9.17, 15) is 14.8 Å². The molecule has 0 unspecified atom stereocenters. The molecule has 0 spiro atoms. The first-order valence-corrected chi connectivity index (χ1v) is 7.97. The topological polar surface area (TPSA) is 82.8 Å². The molecule has 130 valence electrons. The summed E-state index contributed by atoms with van der Waals surface area (Å²) in [6.45, 7) is 1.76. The maximum absolute atomic E-state index is 12.9. The highest BCUT2D eigenvalue weighted by Crippen LogP contribution is 2.22. The fourth-order valence-corrected chi connectivity index (χ4v) is 2.59. The highest BCUT2D eigenvalue weighted by Gasteiger charge is 2.32. The summed E-state index contributed by atoms with van der Waals surface area (Å²) in [5, 5.41) is 11.8. The van der Waals surface area contributed by atoms with Gasteiger partial charge >= 0.3 is 11.7 Å². The van der Waals surface area contributed by atoms with E-state index in [1.807, 2.05) is 6.07 Å². The second-order valence-electron chi connectivity index (χ2n) is 5.55. The van der Waals surface area contributed by atoms with Gasteiger partial charge in [0.2, 0.25) is 6.10 Å². The molecule has 0 bridgehead atoms. The number of morpholine rings is 1. The molecule has 1 atom stereocenters. The third kappa shape index (κ3) is 3.95. The molecule has 2 heterocycles. The molecule has 1 amide bonds. The number of ether oxygens (including phenoxy) is 2. The number of hydrogen-bond donors (Lipinski definition) is 0. The van der Waals surface area contributed by atoms with Gasteiger partial charge in [-0.1, -0.05) is 30.3 Å². The SMILES string of the molecule is O=C(O[C@H](C(=O)N1CCOCC1)c1ccccc1)c1cccc[n+]1[O-]. The highest BCUT2D eigenvalue weighted by atomic mass is 16.6. The zero-order valence-electron chi connectivity index (χ0n) is 13.5. The van der Waals surface area contributed by atoms with Crippen molar-refractivity contribution in [2.45, 2.75) is 6.10 Å². The van der Waals surface area contributed by atoms with Gasteiger partial charge in [-0.25, -0.2) is 4.79 Å². The summed E-state index contributed by atoms with van der Waals surface area (Å²) in [5.41, 5.74) is 0.388. The molecule has 1 saturated heterocycles. The van der Waals surface area contributed by atoms with Crippen molar-refractivity contribution in [1.29, 1.82) is 0 Å². The average molecular weight is 342 g/mol. The number of amides is 1. The van der Waals surface area contributed by atoms with Crippen LogP contribution in [0.5, 0.6) is 0 Å². The van der Waals surface area contributed by atoms with Gasteiger partial charge in [0.05, 0.1) is 13.2 Å². The van der Waals surface area contributed by atoms with Crippen LogP contribution in [0.2, 0.25) is 0 Å². The minimum Gasteiger partial charge on any atom is -0.618 e. The number of esters is 1. The lowest BCUT2D eigenvalue weighted by Gasteiger charge is -2.30. The Morgan fingerprint density at radius 3 is 2.44 bits per heavy atom. The van der Waals surface area contributed by atoms with Crippen LogP contribution in [0.15, 0.2) is 54.7 Å². The Kier molecular flexibility index (Phi) is 5.25. The highest BCUT2D eigenvalue weighted by molar-refractivity contribution is 5.90. The molecule has 0 aliphatic carbocycles. The summed E-state index contributed by atoms with van der Waals surface area (Å²) in [6.07, 6.45) is 0.102. The van der Waals surface area contributed by atoms with Crippen LogP contribution in [-0.4, -0.2) is 43.1 Å². The van der Waals surface area contributed by atoms with Crippen LogP contribution in [0.3, 0.4) is 0 Å². The molecule has 1 fully saturated rings. The Labute approximate surface area is 145 Å². The quantitative estimate of drug-likeness (QED) is 0.472. The lowest BCUT2D eigenvalue weighted by Crippen LogP contribution is -2.44. The third-order valence-electron chi connectivity index (χ3n) is 3.91. The predicted octanol–water partition coefficient (Wildman–Crippen LogP) is 1.08. The number of carbonyl (C=O) groups excluding carboxylic acids is 2. The number of rotatable bonds is 4. The van der Waals surface area contributed by atoms with Crippen molar-refractivity contribution < 1.29 is 23.8 Å². The molecule has 7 heteroatoms. The van der Waals surface area contributed by atoms with Gasteiger partial charge in [0.25, 0.3) is 5.91 Å². The fraction of sp³-hybridized carbons (Fsp3) is 0.278. The number of carbonyl (C=O) groups is 2. The van der Waals surface area contributed by atoms with Crippen LogP contribution in [0.1, 0.15) is 22.2 Å². The van der Waals surface area contributed by atoms with Crippen molar-refractivity contribution in [1.82, 2.24) is 4.90 Å². The largest absolute Gasteiger partial charge is 0.618 e. The van der Waals surface area contributed by atoms with Crippen molar-refractivity contribution in [2.24, 2.45) is 0 Å². The molecule has 0 N–H and O–H groups in total. The normalized spacial score (nSPS) is 15.4. The van der Waals surface area contributed by atoms with Crippen LogP contribution >= 0.6 is 0 Å². The van der Waals surface area contributed by atoms with E-state index < -0.39 is 12.1 Å². The smallest absolute Gasteiger partial charge is 0.406 e. The Morgan fingerprint density at radius 1 is 1.08 bits per heavy atom. The molecule has 1 aromatic heterocycles. The number of hydrogen-bond acceptors (Lipinski definition) is 5. The van der Waals surface area contributed by atoms with E-state index in [1.165, 1.54) is 18.3 Å². The summed E-state index contributed by atoms with van der Waals surface area (Å²) >= 11 is 0. The van der Waals surface area contributed by atoms with E-state index in [2.05, 4.69) is 0 Å². The van der Waals surface area contributed by atoms with Gasteiger partial charge in [-0.3, -0.25) is 4.79 Å². The molecule has 7 nitrogen and oxygen atoms in total. The van der Waals surface area contributed by atoms with E-state index >= 15 is 0 Å². The second-order valence-corrected chi connectivity index (χ2v) is 5.55. The molecule has 0 saturated carbocycles. The Balaban J connectivity index is 1.85. The molecule has 1 aliphatic heterocycles. The van der Waals surface area contributed by atoms with E-state index in [0.29, 0.717) is 36.6 Å².